The zero-order valence-electron chi connectivity index (χ0n) is 17.3. The van der Waals surface area contributed by atoms with Crippen LogP contribution < -0.4 is 5.32 Å². The first-order chi connectivity index (χ1) is 13.9. The molecule has 1 N–H and O–H groups in total. The van der Waals surface area contributed by atoms with E-state index in [0.717, 1.165) is 16.9 Å². The third kappa shape index (κ3) is 4.71. The predicted octanol–water partition coefficient (Wildman–Crippen LogP) is 4.17. The lowest BCUT2D eigenvalue weighted by molar-refractivity contribution is 0.0940. The third-order valence-electron chi connectivity index (χ3n) is 4.93. The highest BCUT2D eigenvalue weighted by Gasteiger charge is 2.22. The molecule has 1 aromatic heterocycles. The summed E-state index contributed by atoms with van der Waals surface area (Å²) in [6, 6.07) is 16.3. The lowest BCUT2D eigenvalue weighted by atomic mass is 10.0. The Kier molecular flexibility index (Phi) is 6.44. The fourth-order valence-corrected chi connectivity index (χ4v) is 3.43. The maximum atomic E-state index is 13.3. The summed E-state index contributed by atoms with van der Waals surface area (Å²) in [6.07, 6.45) is 1.58. The molecule has 0 fully saturated rings. The van der Waals surface area contributed by atoms with Crippen molar-refractivity contribution in [3.63, 3.8) is 0 Å². The van der Waals surface area contributed by atoms with Gasteiger partial charge in [0.2, 0.25) is 0 Å². The van der Waals surface area contributed by atoms with Crippen molar-refractivity contribution < 1.29 is 9.18 Å². The summed E-state index contributed by atoms with van der Waals surface area (Å²) in [5.41, 5.74) is 3.21. The molecule has 0 bridgehead atoms. The molecule has 152 valence electrons. The van der Waals surface area contributed by atoms with Gasteiger partial charge < -0.3 is 10.2 Å². The van der Waals surface area contributed by atoms with Crippen LogP contribution >= 0.6 is 0 Å². The quantitative estimate of drug-likeness (QED) is 0.654. The van der Waals surface area contributed by atoms with Gasteiger partial charge in [0.25, 0.3) is 5.91 Å². The second-order valence-electron chi connectivity index (χ2n) is 7.59. The molecule has 3 aromatic rings. The molecule has 0 aliphatic carbocycles. The molecule has 0 aliphatic heterocycles. The third-order valence-corrected chi connectivity index (χ3v) is 4.93. The summed E-state index contributed by atoms with van der Waals surface area (Å²) in [6.45, 7) is 4.51. The standard InChI is InChI=1S/C23H27FN4O/c1-16(2)22-20(14-26-28(22)19-12-10-18(24)11-13-19)23(29)25-15-21(27(3)4)17-8-6-5-7-9-17/h5-14,16,21H,15H2,1-4H3,(H,25,29). The maximum Gasteiger partial charge on any atom is 0.254 e. The molecular formula is C23H27FN4O. The molecule has 0 spiro atoms. The van der Waals surface area contributed by atoms with Crippen LogP contribution in [-0.4, -0.2) is 41.2 Å². The fraction of sp³-hybridized carbons (Fsp3) is 0.304. The molecule has 6 heteroatoms. The number of hydrogen-bond donors (Lipinski definition) is 1. The topological polar surface area (TPSA) is 50.2 Å². The second-order valence-corrected chi connectivity index (χ2v) is 7.59. The lowest BCUT2D eigenvalue weighted by Crippen LogP contribution is -2.34. The van der Waals surface area contributed by atoms with E-state index in [4.69, 9.17) is 0 Å². The van der Waals surface area contributed by atoms with Crippen LogP contribution in [-0.2, 0) is 0 Å². The smallest absolute Gasteiger partial charge is 0.254 e. The molecular weight excluding hydrogens is 367 g/mol. The first-order valence-electron chi connectivity index (χ1n) is 9.72. The fourth-order valence-electron chi connectivity index (χ4n) is 3.43. The van der Waals surface area contributed by atoms with E-state index >= 15 is 0 Å². The molecule has 0 radical (unpaired) electrons. The molecule has 0 saturated carbocycles. The van der Waals surface area contributed by atoms with Crippen LogP contribution in [0, 0.1) is 5.82 Å². The Morgan fingerprint density at radius 3 is 2.34 bits per heavy atom. The molecule has 0 saturated heterocycles. The summed E-state index contributed by atoms with van der Waals surface area (Å²) in [4.78, 5) is 15.1. The minimum Gasteiger partial charge on any atom is -0.350 e. The van der Waals surface area contributed by atoms with Gasteiger partial charge in [0, 0.05) is 6.54 Å². The van der Waals surface area contributed by atoms with Crippen LogP contribution in [0.4, 0.5) is 4.39 Å². The van der Waals surface area contributed by atoms with Crippen molar-refractivity contribution in [2.45, 2.75) is 25.8 Å². The van der Waals surface area contributed by atoms with E-state index < -0.39 is 0 Å². The molecule has 1 atom stereocenters. The molecule has 5 nitrogen and oxygen atoms in total. The van der Waals surface area contributed by atoms with Gasteiger partial charge in [0.15, 0.2) is 0 Å². The van der Waals surface area contributed by atoms with Crippen molar-refractivity contribution in [3.8, 4) is 5.69 Å². The number of carbonyl (C=O) groups is 1. The molecule has 1 heterocycles. The Hall–Kier alpha value is -2.99. The van der Waals surface area contributed by atoms with Gasteiger partial charge in [-0.3, -0.25) is 4.79 Å². The monoisotopic (exact) mass is 394 g/mol. The van der Waals surface area contributed by atoms with E-state index in [0.29, 0.717) is 12.1 Å². The Balaban J connectivity index is 1.83. The first kappa shape index (κ1) is 20.7. The zero-order valence-corrected chi connectivity index (χ0v) is 17.3. The van der Waals surface area contributed by atoms with Crippen LogP contribution in [0.3, 0.4) is 0 Å². The van der Waals surface area contributed by atoms with Crippen LogP contribution in [0.15, 0.2) is 60.8 Å². The van der Waals surface area contributed by atoms with Crippen molar-refractivity contribution in [2.75, 3.05) is 20.6 Å². The van der Waals surface area contributed by atoms with Gasteiger partial charge in [-0.25, -0.2) is 9.07 Å². The number of nitrogens with one attached hydrogen (secondary N) is 1. The van der Waals surface area contributed by atoms with Crippen LogP contribution in [0.25, 0.3) is 5.69 Å². The molecule has 1 amide bonds. The number of rotatable bonds is 7. The number of likely N-dealkylation sites (N-methyl/N-ethyl adjacent to an activating group) is 1. The van der Waals surface area contributed by atoms with E-state index in [1.165, 1.54) is 12.1 Å². The van der Waals surface area contributed by atoms with E-state index in [1.807, 2.05) is 46.1 Å². The van der Waals surface area contributed by atoms with Gasteiger partial charge in [0.05, 0.1) is 29.2 Å². The van der Waals surface area contributed by atoms with E-state index in [1.54, 1.807) is 23.0 Å². The Labute approximate surface area is 171 Å². The van der Waals surface area contributed by atoms with Gasteiger partial charge in [0.1, 0.15) is 5.82 Å². The minimum atomic E-state index is -0.305. The van der Waals surface area contributed by atoms with E-state index in [2.05, 4.69) is 27.4 Å². The number of hydrogen-bond acceptors (Lipinski definition) is 3. The molecule has 29 heavy (non-hydrogen) atoms. The van der Waals surface area contributed by atoms with Crippen molar-refractivity contribution in [2.24, 2.45) is 0 Å². The molecule has 1 unspecified atom stereocenters. The summed E-state index contributed by atoms with van der Waals surface area (Å²) in [7, 11) is 3.99. The van der Waals surface area contributed by atoms with Crippen molar-refractivity contribution >= 4 is 5.91 Å². The van der Waals surface area contributed by atoms with Crippen LogP contribution in [0.1, 0.15) is 47.4 Å². The Morgan fingerprint density at radius 2 is 1.76 bits per heavy atom. The van der Waals surface area contributed by atoms with E-state index in [9.17, 15) is 9.18 Å². The predicted molar refractivity (Wildman–Crippen MR) is 113 cm³/mol. The SMILES string of the molecule is CC(C)c1c(C(=O)NCC(c2ccccc2)N(C)C)cnn1-c1ccc(F)cc1. The molecule has 2 aromatic carbocycles. The van der Waals surface area contributed by atoms with Crippen LogP contribution in [0.2, 0.25) is 0 Å². The average molecular weight is 394 g/mol. The second kappa shape index (κ2) is 9.01. The van der Waals surface area contributed by atoms with Crippen LogP contribution in [0.5, 0.6) is 0 Å². The average Bonchev–Trinajstić information content (AvgIpc) is 3.14. The number of nitrogens with zero attached hydrogens (tertiary/aromatic N) is 3. The van der Waals surface area contributed by atoms with Crippen molar-refractivity contribution in [3.05, 3.63) is 83.4 Å². The summed E-state index contributed by atoms with van der Waals surface area (Å²) in [5.74, 6) is -0.396. The van der Waals surface area contributed by atoms with Crippen molar-refractivity contribution in [1.29, 1.82) is 0 Å². The van der Waals surface area contributed by atoms with Crippen molar-refractivity contribution in [1.82, 2.24) is 20.0 Å². The van der Waals surface area contributed by atoms with Gasteiger partial charge in [-0.1, -0.05) is 44.2 Å². The molecule has 3 rings (SSSR count). The van der Waals surface area contributed by atoms with E-state index in [-0.39, 0.29) is 23.7 Å². The molecule has 0 aliphatic rings. The lowest BCUT2D eigenvalue weighted by Gasteiger charge is -2.25. The van der Waals surface area contributed by atoms with Gasteiger partial charge in [-0.15, -0.1) is 0 Å². The minimum absolute atomic E-state index is 0.0646. The largest absolute Gasteiger partial charge is 0.350 e. The summed E-state index contributed by atoms with van der Waals surface area (Å²) < 4.78 is 15.0. The highest BCUT2D eigenvalue weighted by molar-refractivity contribution is 5.95. The summed E-state index contributed by atoms with van der Waals surface area (Å²) >= 11 is 0. The highest BCUT2D eigenvalue weighted by atomic mass is 19.1. The number of aromatic nitrogens is 2. The van der Waals surface area contributed by atoms with Gasteiger partial charge in [-0.05, 0) is 49.8 Å². The number of carbonyl (C=O) groups excluding carboxylic acids is 1. The van der Waals surface area contributed by atoms with Gasteiger partial charge >= 0.3 is 0 Å². The number of benzene rings is 2. The van der Waals surface area contributed by atoms with Gasteiger partial charge in [-0.2, -0.15) is 5.10 Å². The zero-order chi connectivity index (χ0) is 21.0. The summed E-state index contributed by atoms with van der Waals surface area (Å²) in [5, 5.41) is 7.46. The Morgan fingerprint density at radius 1 is 1.10 bits per heavy atom. The maximum absolute atomic E-state index is 13.3. The normalized spacial score (nSPS) is 12.4. The number of halogens is 1. The number of amides is 1. The Bertz CT molecular complexity index is 949. The first-order valence-corrected chi connectivity index (χ1v) is 9.72. The highest BCUT2D eigenvalue weighted by Crippen LogP contribution is 2.24.